The summed E-state index contributed by atoms with van der Waals surface area (Å²) in [5, 5.41) is -1.18. The van der Waals surface area contributed by atoms with E-state index in [1.165, 1.54) is 90.5 Å². The first kappa shape index (κ1) is 90.2. The van der Waals surface area contributed by atoms with Crippen LogP contribution < -0.4 is 42.8 Å². The second-order valence-corrected chi connectivity index (χ2v) is 33.5. The smallest absolute Gasteiger partial charge is 0.434 e. The number of hydrogen-bond donors (Lipinski definition) is 3. The van der Waals surface area contributed by atoms with Crippen LogP contribution in [0.5, 0.6) is 29.0 Å². The van der Waals surface area contributed by atoms with Crippen molar-refractivity contribution in [1.29, 1.82) is 0 Å². The lowest BCUT2D eigenvalue weighted by Gasteiger charge is -2.25. The number of rotatable bonds is 27. The molecule has 0 aliphatic carbocycles. The molecule has 9 rings (SSSR count). The van der Waals surface area contributed by atoms with Gasteiger partial charge in [0.2, 0.25) is 11.8 Å². The highest BCUT2D eigenvalue weighted by Crippen LogP contribution is 2.39. The Labute approximate surface area is 663 Å². The summed E-state index contributed by atoms with van der Waals surface area (Å²) in [5.41, 5.74) is 0.907. The van der Waals surface area contributed by atoms with E-state index in [4.69, 9.17) is 18.9 Å². The quantitative estimate of drug-likeness (QED) is 0.0403. The third kappa shape index (κ3) is 26.3. The average molecular weight is 1670 g/mol. The molecule has 0 atom stereocenters. The molecule has 3 amide bonds. The first-order valence-corrected chi connectivity index (χ1v) is 39.4. The van der Waals surface area contributed by atoms with E-state index >= 15 is 0 Å². The number of sulfonamides is 3. The number of pyridine rings is 6. The summed E-state index contributed by atoms with van der Waals surface area (Å²) in [4.78, 5) is 65.1. The molecule has 0 saturated heterocycles. The fourth-order valence-electron chi connectivity index (χ4n) is 9.62. The number of nitrogens with one attached hydrogen (secondary N) is 3. The number of aromatic nitrogens is 6. The summed E-state index contributed by atoms with van der Waals surface area (Å²) < 4.78 is 232. The van der Waals surface area contributed by atoms with Gasteiger partial charge in [-0.2, -0.15) is 51.6 Å². The second kappa shape index (κ2) is 37.8. The van der Waals surface area contributed by atoms with Crippen LogP contribution in [0.25, 0.3) is 33.8 Å². The molecule has 3 aromatic carbocycles. The third-order valence-corrected chi connectivity index (χ3v) is 18.9. The number of nitrogens with zero attached hydrogens (tertiary/aromatic N) is 7. The number of carbonyl (C=O) groups is 3. The zero-order valence-electron chi connectivity index (χ0n) is 64.5. The van der Waals surface area contributed by atoms with Gasteiger partial charge in [-0.1, -0.05) is 80.5 Å². The molecule has 114 heavy (non-hydrogen) atoms. The highest BCUT2D eigenvalue weighted by atomic mass is 32.2. The molecule has 624 valence electrons. The number of benzene rings is 3. The van der Waals surface area contributed by atoms with Crippen LogP contribution in [-0.2, 0) is 30.1 Å². The Morgan fingerprint density at radius 2 is 0.746 bits per heavy atom. The number of alkyl halides is 6. The molecule has 36 heteroatoms. The van der Waals surface area contributed by atoms with Crippen molar-refractivity contribution >= 4 is 53.6 Å². The average Bonchev–Trinajstić information content (AvgIpc) is 0.792. The van der Waals surface area contributed by atoms with Gasteiger partial charge in [-0.25, -0.2) is 57.2 Å². The summed E-state index contributed by atoms with van der Waals surface area (Å²) in [7, 11) is -11.4. The molecule has 9 aromatic rings. The Morgan fingerprint density at radius 1 is 0.430 bits per heavy atom. The Bertz CT molecular complexity index is 5330. The molecule has 0 fully saturated rings. The van der Waals surface area contributed by atoms with Crippen LogP contribution in [0, 0.1) is 61.4 Å². The van der Waals surface area contributed by atoms with Crippen molar-refractivity contribution in [3.05, 3.63) is 197 Å². The van der Waals surface area contributed by atoms with Crippen molar-refractivity contribution in [1.82, 2.24) is 44.1 Å². The topological polar surface area (TPSA) is 316 Å². The molecular weight excluding hydrogens is 1570 g/mol. The van der Waals surface area contributed by atoms with E-state index in [9.17, 15) is 79.2 Å². The summed E-state index contributed by atoms with van der Waals surface area (Å²) in [5.74, 6) is -5.36. The lowest BCUT2D eigenvalue weighted by molar-refractivity contribution is -0.300. The van der Waals surface area contributed by atoms with Gasteiger partial charge in [0.05, 0.1) is 49.1 Å². The maximum Gasteiger partial charge on any atom is 0.434 e. The van der Waals surface area contributed by atoms with Gasteiger partial charge in [-0.15, -0.1) is 0 Å². The molecule has 0 spiro atoms. The van der Waals surface area contributed by atoms with Gasteiger partial charge in [0, 0.05) is 73.6 Å². The number of amides is 3. The van der Waals surface area contributed by atoms with Crippen molar-refractivity contribution in [2.24, 2.45) is 23.2 Å². The molecule has 6 heterocycles. The van der Waals surface area contributed by atoms with Crippen LogP contribution in [0.2, 0.25) is 0 Å². The number of aryl methyl sites for hydroxylation is 3. The molecular formula is C78H97F9N10O14S3. The minimum Gasteiger partial charge on any atom is -0.493 e. The van der Waals surface area contributed by atoms with Gasteiger partial charge < -0.3 is 28.6 Å². The maximum absolute atomic E-state index is 14.4. The van der Waals surface area contributed by atoms with E-state index in [1.807, 2.05) is 80.9 Å². The molecule has 0 aliphatic rings. The molecule has 0 saturated carbocycles. The molecule has 0 radical (unpaired) electrons. The monoisotopic (exact) mass is 1660 g/mol. The highest BCUT2D eigenvalue weighted by molar-refractivity contribution is 7.90. The maximum atomic E-state index is 14.4. The number of carbonyl (C=O) groups excluding carboxylic acids is 3. The number of halogens is 9. The normalized spacial score (nSPS) is 12.0. The standard InChI is InChI=1S/C27H32FN3O5S.C26H31FN4O4S.C25H22F7N3O5S.6H2/c1-17(2)15-35-21-13-19(12-20(28)14-21)23-11-10-22(26(30-23)36-16-27(4,5)6)25(32)31-37(33,34)24-9-7-8-18(3)29-24;1-16(2)15-35-21-13-19(12-20(27)14-21)23-11-10-22(25(29-23)31(6)17(3)4)26(32)30-36(33,34)24-9-7-8-18(5)28-24;1-13(2)12-39-17-10-15(9-16(26)11-17)19-8-7-18(22(34-19)40-23(24(27,28)29)25(30,31)32)21(36)35-41(37,38)20-6-4-5-14(3)33-20;;;;;;/h7-14,17H,15-16H2,1-6H3,(H,31,32);7-14,16-17H,15H2,1-6H3,(H,30,32);4-11,13,23H,12H2,1-3H3,(H,35,36);6*1H. The lowest BCUT2D eigenvalue weighted by Crippen LogP contribution is -2.47. The largest absolute Gasteiger partial charge is 0.493 e. The molecule has 0 unspecified atom stereocenters. The zero-order valence-corrected chi connectivity index (χ0v) is 67.0. The number of hydrogen-bond acceptors (Lipinski definition) is 21. The molecule has 6 aromatic heterocycles. The van der Waals surface area contributed by atoms with E-state index in [2.05, 4.69) is 39.4 Å². The fraction of sp³-hybridized carbons (Fsp3) is 0.346. The molecule has 3 N–H and O–H groups in total. The molecule has 0 aliphatic heterocycles. The summed E-state index contributed by atoms with van der Waals surface area (Å²) in [6.07, 6.45) is -16.4. The van der Waals surface area contributed by atoms with Crippen LogP contribution >= 0.6 is 0 Å². The van der Waals surface area contributed by atoms with Crippen LogP contribution in [0.3, 0.4) is 0 Å². The van der Waals surface area contributed by atoms with E-state index in [-0.39, 0.29) is 101 Å². The van der Waals surface area contributed by atoms with Gasteiger partial charge in [0.25, 0.3) is 53.9 Å². The van der Waals surface area contributed by atoms with Crippen LogP contribution in [-0.4, -0.2) is 131 Å². The predicted molar refractivity (Wildman–Crippen MR) is 418 cm³/mol. The second-order valence-electron chi connectivity index (χ2n) is 28.6. The van der Waals surface area contributed by atoms with E-state index in [0.29, 0.717) is 64.7 Å². The zero-order chi connectivity index (χ0) is 84.8. The minimum absolute atomic E-state index is 0. The minimum atomic E-state index is -6.00. The Morgan fingerprint density at radius 3 is 1.06 bits per heavy atom. The highest BCUT2D eigenvalue weighted by Gasteiger charge is 2.59. The van der Waals surface area contributed by atoms with Crippen molar-refractivity contribution in [2.45, 2.75) is 137 Å². The molecule has 0 bridgehead atoms. The summed E-state index contributed by atoms with van der Waals surface area (Å²) in [6.45, 7) is 27.2. The fourth-order valence-corrected chi connectivity index (χ4v) is 12.6. The SMILES string of the molecule is Cc1cccc(S(=O)(=O)NC(=O)c2ccc(-c3cc(F)cc(OCC(C)C)c3)nc2N(C)C(C)C)n1.Cc1cccc(S(=O)(=O)NC(=O)c2ccc(-c3cc(F)cc(OCC(C)C)c3)nc2OC(C(F)(F)F)C(F)(F)F)n1.Cc1cccc(S(=O)(=O)NC(=O)c2ccc(-c3cc(F)cc(OCC(C)C)c3)nc2OCC(C)(C)C)n1.[HH].[HH].[HH].[HH].[HH].[HH]. The van der Waals surface area contributed by atoms with Crippen LogP contribution in [0.15, 0.2) is 161 Å². The number of anilines is 1. The van der Waals surface area contributed by atoms with Gasteiger partial charge >= 0.3 is 12.4 Å². The lowest BCUT2D eigenvalue weighted by atomic mass is 9.99. The van der Waals surface area contributed by atoms with Gasteiger partial charge in [-0.3, -0.25) is 14.4 Å². The van der Waals surface area contributed by atoms with Crippen LogP contribution in [0.4, 0.5) is 45.3 Å². The first-order valence-electron chi connectivity index (χ1n) is 35.0. The Kier molecular flexibility index (Phi) is 29.9. The summed E-state index contributed by atoms with van der Waals surface area (Å²) >= 11 is 0. The van der Waals surface area contributed by atoms with Gasteiger partial charge in [0.1, 0.15) is 51.6 Å². The Hall–Kier alpha value is -11.0. The van der Waals surface area contributed by atoms with Crippen LogP contribution in [0.1, 0.15) is 133 Å². The first-order chi connectivity index (χ1) is 53.0. The van der Waals surface area contributed by atoms with E-state index < -0.39 is 106 Å². The van der Waals surface area contributed by atoms with E-state index in [1.54, 1.807) is 62.2 Å². The third-order valence-electron chi connectivity index (χ3n) is 15.3. The van der Waals surface area contributed by atoms with Gasteiger partial charge in [-0.05, 0) is 167 Å². The van der Waals surface area contributed by atoms with Crippen molar-refractivity contribution in [3.8, 4) is 62.8 Å². The number of ether oxygens (including phenoxy) is 5. The summed E-state index contributed by atoms with van der Waals surface area (Å²) in [6, 6.07) is 31.9. The van der Waals surface area contributed by atoms with Gasteiger partial charge in [0.15, 0.2) is 15.1 Å². The van der Waals surface area contributed by atoms with E-state index in [0.717, 1.165) is 24.3 Å². The predicted octanol–water partition coefficient (Wildman–Crippen LogP) is 16.9. The Balaban J connectivity index is 0.000000880. The van der Waals surface area contributed by atoms with Crippen molar-refractivity contribution < 1.29 is 111 Å². The van der Waals surface area contributed by atoms with Crippen molar-refractivity contribution in [3.63, 3.8) is 0 Å². The van der Waals surface area contributed by atoms with Crippen molar-refractivity contribution in [2.75, 3.05) is 38.4 Å². The molecule has 24 nitrogen and oxygen atoms in total.